The summed E-state index contributed by atoms with van der Waals surface area (Å²) in [5.41, 5.74) is 0. The molecule has 1 heterocycles. The second kappa shape index (κ2) is 6.33. The zero-order valence-electron chi connectivity index (χ0n) is 9.62. The van der Waals surface area contributed by atoms with Crippen LogP contribution in [0.25, 0.3) is 0 Å². The van der Waals surface area contributed by atoms with Gasteiger partial charge in [-0.3, -0.25) is 9.89 Å². The standard InChI is InChI=1S/C10H19N3S2/c1-4-11-9(14)13-6-5-7-15-10(13)12-8(2)3/h8H,4-7H2,1-3H3,(H,11,14). The van der Waals surface area contributed by atoms with Crippen molar-refractivity contribution in [2.75, 3.05) is 18.8 Å². The first-order chi connectivity index (χ1) is 7.15. The number of aliphatic imine (C=N–C) groups is 1. The van der Waals surface area contributed by atoms with E-state index >= 15 is 0 Å². The molecule has 0 aromatic carbocycles. The van der Waals surface area contributed by atoms with Crippen molar-refractivity contribution in [2.24, 2.45) is 4.99 Å². The van der Waals surface area contributed by atoms with E-state index in [1.807, 2.05) is 0 Å². The maximum Gasteiger partial charge on any atom is 0.175 e. The van der Waals surface area contributed by atoms with Crippen molar-refractivity contribution in [3.05, 3.63) is 0 Å². The predicted octanol–water partition coefficient (Wildman–Crippen LogP) is 2.08. The molecule has 1 aliphatic heterocycles. The van der Waals surface area contributed by atoms with Gasteiger partial charge in [-0.25, -0.2) is 0 Å². The highest BCUT2D eigenvalue weighted by Gasteiger charge is 2.20. The third-order valence-electron chi connectivity index (χ3n) is 1.93. The monoisotopic (exact) mass is 245 g/mol. The fraction of sp³-hybridized carbons (Fsp3) is 0.800. The van der Waals surface area contributed by atoms with Gasteiger partial charge >= 0.3 is 0 Å². The normalized spacial score (nSPS) is 19.7. The van der Waals surface area contributed by atoms with Gasteiger partial charge in [-0.1, -0.05) is 11.8 Å². The Hall–Kier alpha value is -0.290. The SMILES string of the molecule is CCNC(=S)N1CCCSC1=NC(C)C. The summed E-state index contributed by atoms with van der Waals surface area (Å²) >= 11 is 7.13. The molecule has 1 N–H and O–H groups in total. The number of amidine groups is 1. The Kier molecular flexibility index (Phi) is 5.39. The molecular formula is C10H19N3S2. The molecule has 0 radical (unpaired) electrons. The molecule has 0 aromatic rings. The molecule has 86 valence electrons. The van der Waals surface area contributed by atoms with Gasteiger partial charge in [-0.2, -0.15) is 0 Å². The van der Waals surface area contributed by atoms with E-state index in [0.717, 1.165) is 29.1 Å². The van der Waals surface area contributed by atoms with Crippen LogP contribution in [0.1, 0.15) is 27.2 Å². The largest absolute Gasteiger partial charge is 0.363 e. The summed E-state index contributed by atoms with van der Waals surface area (Å²) in [6.45, 7) is 8.11. The zero-order chi connectivity index (χ0) is 11.3. The lowest BCUT2D eigenvalue weighted by Gasteiger charge is -2.30. The van der Waals surface area contributed by atoms with Crippen molar-refractivity contribution in [3.8, 4) is 0 Å². The van der Waals surface area contributed by atoms with Gasteiger partial charge in [0.25, 0.3) is 0 Å². The molecular weight excluding hydrogens is 226 g/mol. The van der Waals surface area contributed by atoms with Crippen molar-refractivity contribution in [1.82, 2.24) is 10.2 Å². The summed E-state index contributed by atoms with van der Waals surface area (Å²) in [5, 5.41) is 5.06. The quantitative estimate of drug-likeness (QED) is 0.754. The minimum Gasteiger partial charge on any atom is -0.363 e. The highest BCUT2D eigenvalue weighted by molar-refractivity contribution is 8.13. The van der Waals surface area contributed by atoms with Gasteiger partial charge in [0, 0.05) is 24.9 Å². The molecule has 5 heteroatoms. The minimum atomic E-state index is 0.331. The van der Waals surface area contributed by atoms with Crippen molar-refractivity contribution in [1.29, 1.82) is 0 Å². The number of nitrogens with zero attached hydrogens (tertiary/aromatic N) is 2. The molecule has 0 saturated carbocycles. The summed E-state index contributed by atoms with van der Waals surface area (Å²) < 4.78 is 0. The second-order valence-corrected chi connectivity index (χ2v) is 5.14. The van der Waals surface area contributed by atoms with Gasteiger partial charge < -0.3 is 5.32 Å². The Morgan fingerprint density at radius 1 is 1.67 bits per heavy atom. The molecule has 1 saturated heterocycles. The molecule has 0 atom stereocenters. The van der Waals surface area contributed by atoms with Crippen LogP contribution in [0.2, 0.25) is 0 Å². The molecule has 3 nitrogen and oxygen atoms in total. The fourth-order valence-electron chi connectivity index (χ4n) is 1.32. The van der Waals surface area contributed by atoms with Crippen LogP contribution in [-0.2, 0) is 0 Å². The van der Waals surface area contributed by atoms with Crippen LogP contribution in [0.4, 0.5) is 0 Å². The lowest BCUT2D eigenvalue weighted by molar-refractivity contribution is 0.579. The van der Waals surface area contributed by atoms with Crippen LogP contribution >= 0.6 is 24.0 Å². The third-order valence-corrected chi connectivity index (χ3v) is 3.37. The van der Waals surface area contributed by atoms with Crippen LogP contribution in [-0.4, -0.2) is 40.1 Å². The molecule has 0 aromatic heterocycles. The van der Waals surface area contributed by atoms with E-state index in [0.29, 0.717) is 6.04 Å². The van der Waals surface area contributed by atoms with Crippen LogP contribution in [0.15, 0.2) is 4.99 Å². The number of hydrogen-bond acceptors (Lipinski definition) is 3. The highest BCUT2D eigenvalue weighted by atomic mass is 32.2. The van der Waals surface area contributed by atoms with E-state index < -0.39 is 0 Å². The topological polar surface area (TPSA) is 27.6 Å². The van der Waals surface area contributed by atoms with Crippen molar-refractivity contribution in [2.45, 2.75) is 33.2 Å². The van der Waals surface area contributed by atoms with Gasteiger partial charge in [0.2, 0.25) is 0 Å². The maximum atomic E-state index is 5.32. The third kappa shape index (κ3) is 3.99. The van der Waals surface area contributed by atoms with E-state index in [1.165, 1.54) is 6.42 Å². The van der Waals surface area contributed by atoms with E-state index in [1.54, 1.807) is 11.8 Å². The van der Waals surface area contributed by atoms with Gasteiger partial charge in [0.15, 0.2) is 10.3 Å². The van der Waals surface area contributed by atoms with Gasteiger partial charge in [-0.15, -0.1) is 0 Å². The molecule has 1 rings (SSSR count). The van der Waals surface area contributed by atoms with E-state index in [2.05, 4.69) is 36.0 Å². The summed E-state index contributed by atoms with van der Waals surface area (Å²) in [4.78, 5) is 6.72. The lowest BCUT2D eigenvalue weighted by atomic mass is 10.4. The van der Waals surface area contributed by atoms with Crippen molar-refractivity contribution >= 4 is 34.3 Å². The first-order valence-electron chi connectivity index (χ1n) is 5.41. The van der Waals surface area contributed by atoms with E-state index in [4.69, 9.17) is 12.2 Å². The first-order valence-corrected chi connectivity index (χ1v) is 6.80. The molecule has 15 heavy (non-hydrogen) atoms. The molecule has 0 unspecified atom stereocenters. The number of rotatable bonds is 2. The average molecular weight is 245 g/mol. The summed E-state index contributed by atoms with van der Waals surface area (Å²) in [6, 6.07) is 0.331. The number of thioether (sulfide) groups is 1. The minimum absolute atomic E-state index is 0.331. The lowest BCUT2D eigenvalue weighted by Crippen LogP contribution is -2.45. The number of nitrogens with one attached hydrogen (secondary N) is 1. The fourth-order valence-corrected chi connectivity index (χ4v) is 2.78. The first kappa shape index (κ1) is 12.8. The number of thiocarbonyl (C=S) groups is 1. The predicted molar refractivity (Wildman–Crippen MR) is 72.6 cm³/mol. The van der Waals surface area contributed by atoms with Crippen LogP contribution in [0, 0.1) is 0 Å². The smallest absolute Gasteiger partial charge is 0.175 e. The Morgan fingerprint density at radius 2 is 2.40 bits per heavy atom. The van der Waals surface area contributed by atoms with E-state index in [-0.39, 0.29) is 0 Å². The zero-order valence-corrected chi connectivity index (χ0v) is 11.2. The Labute approximate surface area is 102 Å². The maximum absolute atomic E-state index is 5.32. The average Bonchev–Trinajstić information content (AvgIpc) is 2.18. The molecule has 0 spiro atoms. The van der Waals surface area contributed by atoms with Crippen LogP contribution < -0.4 is 5.32 Å². The van der Waals surface area contributed by atoms with Crippen molar-refractivity contribution in [3.63, 3.8) is 0 Å². The molecule has 0 amide bonds. The van der Waals surface area contributed by atoms with Gasteiger partial charge in [0.1, 0.15) is 0 Å². The molecule has 0 aliphatic carbocycles. The van der Waals surface area contributed by atoms with Gasteiger partial charge in [0.05, 0.1) is 0 Å². The summed E-state index contributed by atoms with van der Waals surface area (Å²) in [7, 11) is 0. The summed E-state index contributed by atoms with van der Waals surface area (Å²) in [6.07, 6.45) is 1.17. The molecule has 1 aliphatic rings. The Bertz CT molecular complexity index is 251. The van der Waals surface area contributed by atoms with Crippen molar-refractivity contribution < 1.29 is 0 Å². The highest BCUT2D eigenvalue weighted by Crippen LogP contribution is 2.18. The number of hydrogen-bond donors (Lipinski definition) is 1. The second-order valence-electron chi connectivity index (χ2n) is 3.69. The summed E-state index contributed by atoms with van der Waals surface area (Å²) in [5.74, 6) is 1.15. The van der Waals surface area contributed by atoms with Crippen LogP contribution in [0.3, 0.4) is 0 Å². The van der Waals surface area contributed by atoms with E-state index in [9.17, 15) is 0 Å². The van der Waals surface area contributed by atoms with Gasteiger partial charge in [-0.05, 0) is 39.4 Å². The molecule has 0 bridgehead atoms. The Morgan fingerprint density at radius 3 is 3.00 bits per heavy atom. The van der Waals surface area contributed by atoms with Crippen LogP contribution in [0.5, 0.6) is 0 Å². The molecule has 1 fully saturated rings. The Balaban J connectivity index is 2.69.